The Morgan fingerprint density at radius 3 is 2.32 bits per heavy atom. The third-order valence-corrected chi connectivity index (χ3v) is 7.50. The Labute approximate surface area is 262 Å². The maximum atomic E-state index is 13.8. The number of aliphatic carboxylic acids is 1. The van der Waals surface area contributed by atoms with E-state index in [1.54, 1.807) is 0 Å². The van der Waals surface area contributed by atoms with Gasteiger partial charge in [0.2, 0.25) is 17.5 Å². The Hall–Kier alpha value is -4.53. The average molecular weight is 667 g/mol. The van der Waals surface area contributed by atoms with Crippen molar-refractivity contribution in [2.75, 3.05) is 19.8 Å². The van der Waals surface area contributed by atoms with E-state index in [9.17, 15) is 55.2 Å². The number of aliphatic hydroxyl groups excluding tert-OH is 4. The molecule has 2 aliphatic rings. The second-order valence-corrected chi connectivity index (χ2v) is 10.9. The molecule has 2 saturated heterocycles. The highest BCUT2D eigenvalue weighted by Gasteiger charge is 2.54. The largest absolute Gasteiger partial charge is 0.508 e. The van der Waals surface area contributed by atoms with Crippen LogP contribution in [0.5, 0.6) is 23.0 Å². The molecule has 0 radical (unpaired) electrons. The van der Waals surface area contributed by atoms with Gasteiger partial charge < -0.3 is 74.1 Å². The SMILES string of the molecule is O=C(O)CC(=O)OC[C@H]1O[C@@H](Oc2c(-c3ccc(O)cc3)oc3cc(O)cc(O)c3c2=O)[C@H](O)[C@@H](O[C@@H]2OC[C@](O)(CO)[C@H]2O)[C@@H]1O. The number of aliphatic hydroxyl groups is 5. The summed E-state index contributed by atoms with van der Waals surface area (Å²) in [4.78, 5) is 36.6. The monoisotopic (exact) mass is 666 g/mol. The number of phenolic OH excluding ortho intramolecular Hbond substituents is 3. The van der Waals surface area contributed by atoms with Crippen molar-refractivity contribution in [3.8, 4) is 34.3 Å². The molecule has 47 heavy (non-hydrogen) atoms. The zero-order chi connectivity index (χ0) is 34.2. The molecule has 0 unspecified atom stereocenters. The summed E-state index contributed by atoms with van der Waals surface area (Å²) in [5, 5.41) is 91.2. The number of fused-ring (bicyclic) bond motifs is 1. The molecule has 254 valence electrons. The lowest BCUT2D eigenvalue weighted by Gasteiger charge is -2.42. The number of ether oxygens (including phenoxy) is 5. The molecule has 0 amide bonds. The van der Waals surface area contributed by atoms with Crippen LogP contribution in [-0.2, 0) is 28.5 Å². The summed E-state index contributed by atoms with van der Waals surface area (Å²) in [5.74, 6) is -5.06. The van der Waals surface area contributed by atoms with Crippen LogP contribution in [0.2, 0.25) is 0 Å². The minimum absolute atomic E-state index is 0.127. The van der Waals surface area contributed by atoms with Crippen molar-refractivity contribution >= 4 is 22.9 Å². The summed E-state index contributed by atoms with van der Waals surface area (Å²) < 4.78 is 32.9. The van der Waals surface area contributed by atoms with Gasteiger partial charge in [0, 0.05) is 17.7 Å². The molecule has 0 bridgehead atoms. The molecule has 3 aromatic rings. The van der Waals surface area contributed by atoms with Gasteiger partial charge in [0.25, 0.3) is 0 Å². The van der Waals surface area contributed by atoms with Gasteiger partial charge >= 0.3 is 11.9 Å². The van der Waals surface area contributed by atoms with Crippen LogP contribution in [-0.4, -0.2) is 126 Å². The predicted octanol–water partition coefficient (Wildman–Crippen LogP) is -1.75. The topological polar surface area (TPSA) is 293 Å². The minimum Gasteiger partial charge on any atom is -0.508 e. The lowest BCUT2D eigenvalue weighted by Crippen LogP contribution is -2.62. The van der Waals surface area contributed by atoms with Crippen LogP contribution >= 0.6 is 0 Å². The first kappa shape index (κ1) is 33.8. The first-order chi connectivity index (χ1) is 22.2. The standard InChI is InChI=1S/C29H30O18/c30-9-29(41)10-43-28(26(29)40)46-24-20(37)16(8-42-18(36)7-17(34)35)45-27(22(24)39)47-25-21(38)19-14(33)5-13(32)6-15(19)44-23(25)11-1-3-12(31)4-2-11/h1-6,16,20,22,24,26-28,30-33,37,39-41H,7-10H2,(H,34,35)/t16-,20-,22-,24+,26+,27+,28+,29-/m1/s1. The number of rotatable bonds is 10. The van der Waals surface area contributed by atoms with Crippen molar-refractivity contribution < 1.29 is 83.6 Å². The van der Waals surface area contributed by atoms with Gasteiger partial charge in [0.15, 0.2) is 12.1 Å². The van der Waals surface area contributed by atoms with Crippen molar-refractivity contribution in [2.45, 2.75) is 55.1 Å². The van der Waals surface area contributed by atoms with Crippen LogP contribution < -0.4 is 10.2 Å². The Morgan fingerprint density at radius 2 is 1.68 bits per heavy atom. The molecule has 18 nitrogen and oxygen atoms in total. The Kier molecular flexibility index (Phi) is 9.57. The summed E-state index contributed by atoms with van der Waals surface area (Å²) in [5.41, 5.74) is -3.34. The number of carbonyl (C=O) groups is 2. The molecular weight excluding hydrogens is 636 g/mol. The number of phenols is 3. The maximum Gasteiger partial charge on any atom is 0.317 e. The molecule has 3 heterocycles. The molecule has 5 rings (SSSR count). The van der Waals surface area contributed by atoms with Crippen LogP contribution in [0.1, 0.15) is 6.42 Å². The fraction of sp³-hybridized carbons (Fsp3) is 0.414. The Balaban J connectivity index is 1.54. The van der Waals surface area contributed by atoms with Crippen LogP contribution in [0, 0.1) is 0 Å². The number of benzene rings is 2. The molecule has 1 aromatic heterocycles. The fourth-order valence-electron chi connectivity index (χ4n) is 5.01. The zero-order valence-electron chi connectivity index (χ0n) is 24.0. The lowest BCUT2D eigenvalue weighted by molar-refractivity contribution is -0.314. The highest BCUT2D eigenvalue weighted by atomic mass is 16.7. The van der Waals surface area contributed by atoms with E-state index in [0.29, 0.717) is 0 Å². The minimum atomic E-state index is -2.16. The van der Waals surface area contributed by atoms with Crippen LogP contribution in [0.15, 0.2) is 45.6 Å². The number of hydrogen-bond donors (Lipinski definition) is 9. The zero-order valence-corrected chi connectivity index (χ0v) is 24.0. The van der Waals surface area contributed by atoms with Gasteiger partial charge in [-0.3, -0.25) is 14.4 Å². The Bertz CT molecular complexity index is 1690. The normalized spacial score (nSPS) is 29.1. The summed E-state index contributed by atoms with van der Waals surface area (Å²) in [6.07, 6.45) is -14.1. The summed E-state index contributed by atoms with van der Waals surface area (Å²) in [6.45, 7) is -2.37. The van der Waals surface area contributed by atoms with Gasteiger partial charge in [-0.1, -0.05) is 0 Å². The van der Waals surface area contributed by atoms with Gasteiger partial charge in [0.05, 0.1) is 13.2 Å². The number of hydrogen-bond acceptors (Lipinski definition) is 17. The van der Waals surface area contributed by atoms with E-state index < -0.39 is 115 Å². The molecule has 9 N–H and O–H groups in total. The summed E-state index contributed by atoms with van der Waals surface area (Å²) in [7, 11) is 0. The molecule has 2 aliphatic heterocycles. The number of aromatic hydroxyl groups is 3. The molecular formula is C29H30O18. The summed E-state index contributed by atoms with van der Waals surface area (Å²) >= 11 is 0. The van der Waals surface area contributed by atoms with Gasteiger partial charge in [-0.25, -0.2) is 0 Å². The van der Waals surface area contributed by atoms with E-state index in [1.807, 2.05) is 0 Å². The van der Waals surface area contributed by atoms with E-state index in [0.717, 1.165) is 12.1 Å². The number of carboxylic acids is 1. The second-order valence-electron chi connectivity index (χ2n) is 10.9. The second kappa shape index (κ2) is 13.3. The van der Waals surface area contributed by atoms with E-state index in [4.69, 9.17) is 33.2 Å². The third-order valence-electron chi connectivity index (χ3n) is 7.50. The van der Waals surface area contributed by atoms with E-state index in [2.05, 4.69) is 0 Å². The fourth-order valence-corrected chi connectivity index (χ4v) is 5.01. The molecule has 0 saturated carbocycles. The van der Waals surface area contributed by atoms with Gasteiger partial charge in [-0.15, -0.1) is 0 Å². The van der Waals surface area contributed by atoms with Crippen LogP contribution in [0.3, 0.4) is 0 Å². The van der Waals surface area contributed by atoms with Crippen molar-refractivity contribution in [2.24, 2.45) is 0 Å². The average Bonchev–Trinajstić information content (AvgIpc) is 3.29. The smallest absolute Gasteiger partial charge is 0.317 e. The van der Waals surface area contributed by atoms with E-state index in [1.165, 1.54) is 24.3 Å². The van der Waals surface area contributed by atoms with E-state index in [-0.39, 0.29) is 22.7 Å². The molecule has 18 heteroatoms. The van der Waals surface area contributed by atoms with Crippen molar-refractivity contribution in [3.05, 3.63) is 46.6 Å². The number of esters is 1. The van der Waals surface area contributed by atoms with Gasteiger partial charge in [-0.2, -0.15) is 0 Å². The molecule has 0 aliphatic carbocycles. The van der Waals surface area contributed by atoms with Gasteiger partial charge in [-0.05, 0) is 24.3 Å². The first-order valence-electron chi connectivity index (χ1n) is 13.9. The van der Waals surface area contributed by atoms with Crippen molar-refractivity contribution in [1.82, 2.24) is 0 Å². The lowest BCUT2D eigenvalue weighted by atomic mass is 9.97. The molecule has 2 aromatic carbocycles. The van der Waals surface area contributed by atoms with Gasteiger partial charge in [0.1, 0.15) is 77.4 Å². The number of carboxylic acid groups (broad SMARTS) is 1. The Morgan fingerprint density at radius 1 is 0.979 bits per heavy atom. The predicted molar refractivity (Wildman–Crippen MR) is 150 cm³/mol. The summed E-state index contributed by atoms with van der Waals surface area (Å²) in [6, 6.07) is 7.05. The maximum absolute atomic E-state index is 13.8. The number of carbonyl (C=O) groups excluding carboxylic acids is 1. The van der Waals surface area contributed by atoms with Crippen molar-refractivity contribution in [1.29, 1.82) is 0 Å². The van der Waals surface area contributed by atoms with E-state index >= 15 is 0 Å². The molecule has 0 spiro atoms. The third kappa shape index (κ3) is 6.80. The quantitative estimate of drug-likeness (QED) is 0.0856. The highest BCUT2D eigenvalue weighted by molar-refractivity contribution is 5.90. The van der Waals surface area contributed by atoms with Crippen molar-refractivity contribution in [3.63, 3.8) is 0 Å². The first-order valence-corrected chi connectivity index (χ1v) is 13.9. The van der Waals surface area contributed by atoms with Crippen LogP contribution in [0.25, 0.3) is 22.3 Å². The van der Waals surface area contributed by atoms with Crippen LogP contribution in [0.4, 0.5) is 0 Å². The molecule has 8 atom stereocenters. The highest BCUT2D eigenvalue weighted by Crippen LogP contribution is 2.38. The molecule has 2 fully saturated rings.